The minimum Gasteiger partial charge on any atom is -0.475 e. The summed E-state index contributed by atoms with van der Waals surface area (Å²) >= 11 is 0. The number of hydrogen-bond acceptors (Lipinski definition) is 3. The second kappa shape index (κ2) is 3.52. The van der Waals surface area contributed by atoms with Gasteiger partial charge in [0.2, 0.25) is 5.88 Å². The van der Waals surface area contributed by atoms with Crippen LogP contribution in [0.3, 0.4) is 0 Å². The van der Waals surface area contributed by atoms with E-state index in [1.165, 1.54) is 0 Å². The largest absolute Gasteiger partial charge is 0.475 e. The molecule has 0 aliphatic carbocycles. The van der Waals surface area contributed by atoms with Crippen LogP contribution in [-0.2, 0) is 0 Å². The first kappa shape index (κ1) is 8.97. The Bertz CT molecular complexity index is 251. The Morgan fingerprint density at radius 3 is 2.42 bits per heavy atom. The van der Waals surface area contributed by atoms with E-state index in [0.29, 0.717) is 5.88 Å². The van der Waals surface area contributed by atoms with Crippen molar-refractivity contribution in [3.05, 3.63) is 17.6 Å². The average Bonchev–Trinajstić information content (AvgIpc) is 1.81. The van der Waals surface area contributed by atoms with Crippen molar-refractivity contribution in [2.24, 2.45) is 0 Å². The second-order valence-electron chi connectivity index (χ2n) is 3.06. The Morgan fingerprint density at radius 1 is 1.25 bits per heavy atom. The molecule has 0 amide bonds. The molecule has 66 valence electrons. The third-order valence-electron chi connectivity index (χ3n) is 1.30. The molecule has 0 radical (unpaired) electrons. The lowest BCUT2D eigenvalue weighted by atomic mass is 10.4. The highest BCUT2D eigenvalue weighted by molar-refractivity contribution is 5.14. The summed E-state index contributed by atoms with van der Waals surface area (Å²) in [5.74, 6) is 1.42. The Kier molecular flexibility index (Phi) is 2.63. The molecule has 0 saturated carbocycles. The van der Waals surface area contributed by atoms with Crippen molar-refractivity contribution in [1.29, 1.82) is 0 Å². The van der Waals surface area contributed by atoms with Gasteiger partial charge in [-0.3, -0.25) is 0 Å². The monoisotopic (exact) mass is 166 g/mol. The summed E-state index contributed by atoms with van der Waals surface area (Å²) in [5.41, 5.74) is 0.943. The zero-order chi connectivity index (χ0) is 9.14. The van der Waals surface area contributed by atoms with Crippen LogP contribution in [-0.4, -0.2) is 16.1 Å². The zero-order valence-corrected chi connectivity index (χ0v) is 7.96. The molecule has 1 aromatic rings. The maximum atomic E-state index is 5.42. The van der Waals surface area contributed by atoms with Crippen LogP contribution in [0.1, 0.15) is 25.4 Å². The van der Waals surface area contributed by atoms with Gasteiger partial charge < -0.3 is 4.74 Å². The maximum absolute atomic E-state index is 5.42. The van der Waals surface area contributed by atoms with Crippen LogP contribution in [0.15, 0.2) is 6.07 Å². The standard InChI is InChI=1S/C9H14N2O/c1-6(2)12-9-5-7(3)10-8(4)11-9/h5-6H,1-4H3. The summed E-state index contributed by atoms with van der Waals surface area (Å²) in [5, 5.41) is 0. The molecule has 1 rings (SSSR count). The first-order chi connectivity index (χ1) is 5.58. The molecule has 1 heterocycles. The summed E-state index contributed by atoms with van der Waals surface area (Å²) in [6.07, 6.45) is 0.165. The van der Waals surface area contributed by atoms with Crippen molar-refractivity contribution >= 4 is 0 Å². The summed E-state index contributed by atoms with van der Waals surface area (Å²) < 4.78 is 5.42. The van der Waals surface area contributed by atoms with Crippen LogP contribution in [0, 0.1) is 13.8 Å². The van der Waals surface area contributed by atoms with Gasteiger partial charge in [-0.2, -0.15) is 4.98 Å². The fourth-order valence-electron chi connectivity index (χ4n) is 0.985. The number of aryl methyl sites for hydroxylation is 2. The molecular weight excluding hydrogens is 152 g/mol. The highest BCUT2D eigenvalue weighted by atomic mass is 16.5. The van der Waals surface area contributed by atoms with E-state index in [4.69, 9.17) is 4.74 Å². The lowest BCUT2D eigenvalue weighted by molar-refractivity contribution is 0.231. The number of hydrogen-bond donors (Lipinski definition) is 0. The van der Waals surface area contributed by atoms with Gasteiger partial charge in [0.05, 0.1) is 6.10 Å². The molecule has 0 aliphatic heterocycles. The predicted octanol–water partition coefficient (Wildman–Crippen LogP) is 1.88. The second-order valence-corrected chi connectivity index (χ2v) is 3.06. The Morgan fingerprint density at radius 2 is 1.92 bits per heavy atom. The van der Waals surface area contributed by atoms with Crippen molar-refractivity contribution in [2.75, 3.05) is 0 Å². The summed E-state index contributed by atoms with van der Waals surface area (Å²) in [7, 11) is 0. The molecule has 0 aromatic carbocycles. The van der Waals surface area contributed by atoms with Crippen molar-refractivity contribution in [1.82, 2.24) is 9.97 Å². The molecule has 0 saturated heterocycles. The highest BCUT2D eigenvalue weighted by Crippen LogP contribution is 2.09. The van der Waals surface area contributed by atoms with Crippen molar-refractivity contribution in [3.8, 4) is 5.88 Å². The molecule has 0 fully saturated rings. The van der Waals surface area contributed by atoms with Gasteiger partial charge in [0.1, 0.15) is 5.82 Å². The molecule has 3 heteroatoms. The van der Waals surface area contributed by atoms with Gasteiger partial charge in [0.25, 0.3) is 0 Å². The van der Waals surface area contributed by atoms with E-state index in [-0.39, 0.29) is 6.10 Å². The topological polar surface area (TPSA) is 35.0 Å². The van der Waals surface area contributed by atoms with Crippen LogP contribution in [0.25, 0.3) is 0 Å². The molecule has 3 nitrogen and oxygen atoms in total. The van der Waals surface area contributed by atoms with Crippen LogP contribution in [0.4, 0.5) is 0 Å². The fraction of sp³-hybridized carbons (Fsp3) is 0.556. The van der Waals surface area contributed by atoms with E-state index < -0.39 is 0 Å². The van der Waals surface area contributed by atoms with Gasteiger partial charge in [-0.25, -0.2) is 4.98 Å². The molecule has 1 aromatic heterocycles. The summed E-state index contributed by atoms with van der Waals surface area (Å²) in [6.45, 7) is 7.75. The highest BCUT2D eigenvalue weighted by Gasteiger charge is 2.00. The van der Waals surface area contributed by atoms with E-state index in [1.807, 2.05) is 33.8 Å². The molecule has 0 bridgehead atoms. The third-order valence-corrected chi connectivity index (χ3v) is 1.30. The fourth-order valence-corrected chi connectivity index (χ4v) is 0.985. The Hall–Kier alpha value is -1.12. The first-order valence-corrected chi connectivity index (χ1v) is 4.07. The SMILES string of the molecule is Cc1cc(OC(C)C)nc(C)n1. The lowest BCUT2D eigenvalue weighted by Crippen LogP contribution is -2.08. The number of aromatic nitrogens is 2. The molecule has 0 aliphatic rings. The van der Waals surface area contributed by atoms with Crippen LogP contribution in [0.5, 0.6) is 5.88 Å². The molecule has 0 unspecified atom stereocenters. The summed E-state index contributed by atoms with van der Waals surface area (Å²) in [4.78, 5) is 8.29. The van der Waals surface area contributed by atoms with Crippen LogP contribution < -0.4 is 4.74 Å². The van der Waals surface area contributed by atoms with Gasteiger partial charge in [-0.1, -0.05) is 0 Å². The zero-order valence-electron chi connectivity index (χ0n) is 7.96. The molecule has 0 N–H and O–H groups in total. The summed E-state index contributed by atoms with van der Waals surface area (Å²) in [6, 6.07) is 1.84. The Balaban J connectivity index is 2.85. The smallest absolute Gasteiger partial charge is 0.217 e. The predicted molar refractivity (Wildman–Crippen MR) is 47.3 cm³/mol. The number of nitrogens with zero attached hydrogens (tertiary/aromatic N) is 2. The number of rotatable bonds is 2. The van der Waals surface area contributed by atoms with Gasteiger partial charge in [-0.15, -0.1) is 0 Å². The van der Waals surface area contributed by atoms with E-state index in [0.717, 1.165) is 11.5 Å². The molecule has 0 spiro atoms. The van der Waals surface area contributed by atoms with Gasteiger partial charge in [0.15, 0.2) is 0 Å². The van der Waals surface area contributed by atoms with Gasteiger partial charge >= 0.3 is 0 Å². The van der Waals surface area contributed by atoms with E-state index >= 15 is 0 Å². The molecular formula is C9H14N2O. The Labute approximate surface area is 72.8 Å². The van der Waals surface area contributed by atoms with Crippen molar-refractivity contribution < 1.29 is 4.74 Å². The first-order valence-electron chi connectivity index (χ1n) is 4.07. The molecule has 12 heavy (non-hydrogen) atoms. The van der Waals surface area contributed by atoms with Crippen LogP contribution >= 0.6 is 0 Å². The minimum atomic E-state index is 0.165. The quantitative estimate of drug-likeness (QED) is 0.672. The van der Waals surface area contributed by atoms with E-state index in [9.17, 15) is 0 Å². The average molecular weight is 166 g/mol. The lowest BCUT2D eigenvalue weighted by Gasteiger charge is -2.08. The third kappa shape index (κ3) is 2.49. The van der Waals surface area contributed by atoms with E-state index in [1.54, 1.807) is 0 Å². The van der Waals surface area contributed by atoms with Gasteiger partial charge in [-0.05, 0) is 27.7 Å². The normalized spacial score (nSPS) is 10.4. The number of ether oxygens (including phenoxy) is 1. The minimum absolute atomic E-state index is 0.165. The van der Waals surface area contributed by atoms with E-state index in [2.05, 4.69) is 9.97 Å². The van der Waals surface area contributed by atoms with Gasteiger partial charge in [0, 0.05) is 11.8 Å². The van der Waals surface area contributed by atoms with Crippen molar-refractivity contribution in [3.63, 3.8) is 0 Å². The maximum Gasteiger partial charge on any atom is 0.217 e. The van der Waals surface area contributed by atoms with Crippen LogP contribution in [0.2, 0.25) is 0 Å². The van der Waals surface area contributed by atoms with Crippen molar-refractivity contribution in [2.45, 2.75) is 33.8 Å². The molecule has 0 atom stereocenters.